The lowest BCUT2D eigenvalue weighted by atomic mass is 10.1. The predicted octanol–water partition coefficient (Wildman–Crippen LogP) is 3.33. The Morgan fingerprint density at radius 2 is 1.89 bits per heavy atom. The maximum Gasteiger partial charge on any atom is 0.129 e. The molecule has 100 valence electrons. The molecule has 0 heterocycles. The minimum atomic E-state index is -1.29. The highest BCUT2D eigenvalue weighted by Gasteiger charge is 2.12. The molecule has 0 amide bonds. The van der Waals surface area contributed by atoms with Crippen LogP contribution in [0.2, 0.25) is 0 Å². The number of benzene rings is 2. The fraction of sp³-hybridized carbons (Fsp3) is 0.200. The van der Waals surface area contributed by atoms with Crippen molar-refractivity contribution in [3.63, 3.8) is 0 Å². The average molecular weight is 277 g/mol. The number of hydrogen-bond acceptors (Lipinski definition) is 2. The van der Waals surface area contributed by atoms with Crippen molar-refractivity contribution in [3.8, 4) is 0 Å². The third-order valence-electron chi connectivity index (χ3n) is 3.17. The summed E-state index contributed by atoms with van der Waals surface area (Å²) in [5.41, 5.74) is 8.61. The number of nitrogen functional groups attached to an aromatic ring is 1. The van der Waals surface area contributed by atoms with Gasteiger partial charge in [0.05, 0.1) is 16.6 Å². The zero-order valence-corrected chi connectivity index (χ0v) is 11.8. The van der Waals surface area contributed by atoms with Gasteiger partial charge in [-0.15, -0.1) is 0 Å². The van der Waals surface area contributed by atoms with Gasteiger partial charge in [0.15, 0.2) is 0 Å². The third-order valence-corrected chi connectivity index (χ3v) is 4.50. The summed E-state index contributed by atoms with van der Waals surface area (Å²) < 4.78 is 25.9. The molecule has 0 radical (unpaired) electrons. The van der Waals surface area contributed by atoms with E-state index in [1.54, 1.807) is 12.1 Å². The van der Waals surface area contributed by atoms with Gasteiger partial charge in [-0.2, -0.15) is 0 Å². The van der Waals surface area contributed by atoms with Gasteiger partial charge in [-0.3, -0.25) is 4.21 Å². The number of nitrogens with two attached hydrogens (primary N) is 1. The van der Waals surface area contributed by atoms with Crippen molar-refractivity contribution in [1.29, 1.82) is 0 Å². The second-order valence-electron chi connectivity index (χ2n) is 4.54. The molecule has 4 heteroatoms. The van der Waals surface area contributed by atoms with Gasteiger partial charge in [-0.25, -0.2) is 4.39 Å². The molecule has 0 bridgehead atoms. The molecule has 0 aromatic heterocycles. The van der Waals surface area contributed by atoms with E-state index in [1.165, 1.54) is 6.07 Å². The molecule has 0 saturated carbocycles. The first kappa shape index (κ1) is 13.7. The monoisotopic (exact) mass is 277 g/mol. The maximum absolute atomic E-state index is 13.7. The third kappa shape index (κ3) is 3.01. The minimum Gasteiger partial charge on any atom is -0.398 e. The van der Waals surface area contributed by atoms with Crippen LogP contribution in [0.15, 0.2) is 41.3 Å². The standard InChI is InChI=1S/C15H16FNOS/c1-10-6-7-12(8-11(10)2)19(18)9-13-14(16)4-3-5-15(13)17/h3-8H,9,17H2,1-2H3. The Morgan fingerprint density at radius 3 is 2.53 bits per heavy atom. The van der Waals surface area contributed by atoms with Crippen LogP contribution in [0.5, 0.6) is 0 Å². The fourth-order valence-electron chi connectivity index (χ4n) is 1.80. The van der Waals surface area contributed by atoms with Crippen molar-refractivity contribution in [1.82, 2.24) is 0 Å². The Bertz CT molecular complexity index is 620. The van der Waals surface area contributed by atoms with Crippen molar-refractivity contribution in [2.75, 3.05) is 5.73 Å². The summed E-state index contributed by atoms with van der Waals surface area (Å²) >= 11 is 0. The molecule has 0 saturated heterocycles. The summed E-state index contributed by atoms with van der Waals surface area (Å²) in [5.74, 6) is -0.307. The Morgan fingerprint density at radius 1 is 1.16 bits per heavy atom. The predicted molar refractivity (Wildman–Crippen MR) is 76.8 cm³/mol. The lowest BCUT2D eigenvalue weighted by Crippen LogP contribution is -2.03. The van der Waals surface area contributed by atoms with Crippen LogP contribution in [0.4, 0.5) is 10.1 Å². The summed E-state index contributed by atoms with van der Waals surface area (Å²) in [6, 6.07) is 10.1. The average Bonchev–Trinajstić information content (AvgIpc) is 2.37. The molecule has 0 aliphatic carbocycles. The van der Waals surface area contributed by atoms with E-state index >= 15 is 0 Å². The van der Waals surface area contributed by atoms with Crippen LogP contribution in [-0.2, 0) is 16.6 Å². The van der Waals surface area contributed by atoms with E-state index in [-0.39, 0.29) is 5.75 Å². The van der Waals surface area contributed by atoms with Crippen molar-refractivity contribution >= 4 is 16.5 Å². The number of anilines is 1. The minimum absolute atomic E-state index is 0.0982. The van der Waals surface area contributed by atoms with Crippen molar-refractivity contribution in [2.24, 2.45) is 0 Å². The molecule has 2 aromatic carbocycles. The number of halogens is 1. The normalized spacial score (nSPS) is 12.4. The smallest absolute Gasteiger partial charge is 0.129 e. The van der Waals surface area contributed by atoms with Crippen LogP contribution >= 0.6 is 0 Å². The molecule has 0 aliphatic heterocycles. The molecular formula is C15H16FNOS. The summed E-state index contributed by atoms with van der Waals surface area (Å²) in [6.45, 7) is 3.96. The van der Waals surface area contributed by atoms with Gasteiger partial charge in [0.1, 0.15) is 5.82 Å². The SMILES string of the molecule is Cc1ccc(S(=O)Cc2c(N)cccc2F)cc1C. The van der Waals surface area contributed by atoms with Crippen LogP contribution in [0.3, 0.4) is 0 Å². The van der Waals surface area contributed by atoms with Crippen molar-refractivity contribution < 1.29 is 8.60 Å². The highest BCUT2D eigenvalue weighted by Crippen LogP contribution is 2.21. The Balaban J connectivity index is 2.28. The van der Waals surface area contributed by atoms with E-state index in [1.807, 2.05) is 32.0 Å². The largest absolute Gasteiger partial charge is 0.398 e. The number of aryl methyl sites for hydroxylation is 2. The second kappa shape index (κ2) is 5.53. The molecule has 2 nitrogen and oxygen atoms in total. The van der Waals surface area contributed by atoms with Crippen LogP contribution in [0, 0.1) is 19.7 Å². The molecule has 0 spiro atoms. The first-order valence-electron chi connectivity index (χ1n) is 5.97. The highest BCUT2D eigenvalue weighted by atomic mass is 32.2. The lowest BCUT2D eigenvalue weighted by Gasteiger charge is -2.08. The lowest BCUT2D eigenvalue weighted by molar-refractivity contribution is 0.616. The second-order valence-corrected chi connectivity index (χ2v) is 5.99. The maximum atomic E-state index is 13.7. The van der Waals surface area contributed by atoms with Gasteiger partial charge in [-0.1, -0.05) is 12.1 Å². The van der Waals surface area contributed by atoms with E-state index in [2.05, 4.69) is 0 Å². The summed E-state index contributed by atoms with van der Waals surface area (Å²) in [5, 5.41) is 0. The topological polar surface area (TPSA) is 43.1 Å². The molecule has 1 unspecified atom stereocenters. The van der Waals surface area contributed by atoms with Gasteiger partial charge in [0, 0.05) is 16.1 Å². The first-order chi connectivity index (χ1) is 8.99. The molecule has 2 N–H and O–H groups in total. The molecule has 0 aliphatic rings. The molecule has 0 fully saturated rings. The van der Waals surface area contributed by atoms with Crippen LogP contribution in [0.1, 0.15) is 16.7 Å². The first-order valence-corrected chi connectivity index (χ1v) is 7.29. The van der Waals surface area contributed by atoms with E-state index in [0.717, 1.165) is 11.1 Å². The van der Waals surface area contributed by atoms with Gasteiger partial charge >= 0.3 is 0 Å². The quantitative estimate of drug-likeness (QED) is 0.874. The fourth-order valence-corrected chi connectivity index (χ4v) is 3.06. The van der Waals surface area contributed by atoms with Gasteiger partial charge < -0.3 is 5.73 Å². The van der Waals surface area contributed by atoms with Crippen LogP contribution in [-0.4, -0.2) is 4.21 Å². The van der Waals surface area contributed by atoms with E-state index in [9.17, 15) is 8.60 Å². The zero-order chi connectivity index (χ0) is 14.0. The number of rotatable bonds is 3. The van der Waals surface area contributed by atoms with Crippen molar-refractivity contribution in [3.05, 3.63) is 58.9 Å². The van der Waals surface area contributed by atoms with Gasteiger partial charge in [0.25, 0.3) is 0 Å². The van der Waals surface area contributed by atoms with Crippen LogP contribution in [0.25, 0.3) is 0 Å². The Labute approximate surface area is 114 Å². The van der Waals surface area contributed by atoms with Gasteiger partial charge in [-0.05, 0) is 49.2 Å². The van der Waals surface area contributed by atoms with Crippen molar-refractivity contribution in [2.45, 2.75) is 24.5 Å². The van der Waals surface area contributed by atoms with E-state index < -0.39 is 16.6 Å². The Kier molecular flexibility index (Phi) is 4.00. The zero-order valence-electron chi connectivity index (χ0n) is 10.9. The molecular weight excluding hydrogens is 261 g/mol. The van der Waals surface area contributed by atoms with E-state index in [0.29, 0.717) is 16.1 Å². The highest BCUT2D eigenvalue weighted by molar-refractivity contribution is 7.84. The molecule has 19 heavy (non-hydrogen) atoms. The number of hydrogen-bond donors (Lipinski definition) is 1. The molecule has 2 aromatic rings. The van der Waals surface area contributed by atoms with Crippen LogP contribution < -0.4 is 5.73 Å². The molecule has 1 atom stereocenters. The summed E-state index contributed by atoms with van der Waals surface area (Å²) in [4.78, 5) is 0.700. The summed E-state index contributed by atoms with van der Waals surface area (Å²) in [7, 11) is -1.29. The van der Waals surface area contributed by atoms with E-state index in [4.69, 9.17) is 5.73 Å². The summed E-state index contributed by atoms with van der Waals surface area (Å²) in [6.07, 6.45) is 0. The Hall–Kier alpha value is -1.68. The van der Waals surface area contributed by atoms with Gasteiger partial charge in [0.2, 0.25) is 0 Å². The molecule has 2 rings (SSSR count).